The summed E-state index contributed by atoms with van der Waals surface area (Å²) in [4.78, 5) is 12.1. The van der Waals surface area contributed by atoms with E-state index >= 15 is 0 Å². The van der Waals surface area contributed by atoms with Gasteiger partial charge in [0, 0.05) is 23.5 Å². The maximum Gasteiger partial charge on any atom is 0.187 e. The molecule has 1 N–H and O–H groups in total. The highest BCUT2D eigenvalue weighted by atomic mass is 16.5. The second-order valence-electron chi connectivity index (χ2n) is 5.26. The fourth-order valence-corrected chi connectivity index (χ4v) is 2.04. The van der Waals surface area contributed by atoms with Crippen molar-refractivity contribution in [3.8, 4) is 11.8 Å². The number of allylic oxidation sites excluding steroid dienone is 1. The highest BCUT2D eigenvalue weighted by Gasteiger charge is 2.02. The Morgan fingerprint density at radius 1 is 1.25 bits per heavy atom. The Hall–Kier alpha value is -3.06. The Bertz CT molecular complexity index is 743. The van der Waals surface area contributed by atoms with Crippen molar-refractivity contribution in [2.45, 2.75) is 19.8 Å². The highest BCUT2D eigenvalue weighted by Crippen LogP contribution is 2.14. The van der Waals surface area contributed by atoms with Gasteiger partial charge >= 0.3 is 0 Å². The summed E-state index contributed by atoms with van der Waals surface area (Å²) in [5, 5.41) is 11.8. The molecule has 4 heteroatoms. The second-order valence-corrected chi connectivity index (χ2v) is 5.26. The van der Waals surface area contributed by atoms with Crippen molar-refractivity contribution in [2.24, 2.45) is 0 Å². The van der Waals surface area contributed by atoms with Gasteiger partial charge in [0.25, 0.3) is 0 Å². The van der Waals surface area contributed by atoms with Crippen LogP contribution < -0.4 is 10.1 Å². The van der Waals surface area contributed by atoms with Crippen molar-refractivity contribution >= 4 is 11.5 Å². The third-order valence-corrected chi connectivity index (χ3v) is 3.38. The standard InChI is InChI=1S/C20H20N2O2/c1-2-3-13-24-19-9-7-17(8-10-19)20(23)11-12-22-18-6-4-5-16(14-18)15-21/h4-12,14,22H,2-3,13H2,1H3/b12-11+. The molecule has 0 aromatic heterocycles. The van der Waals surface area contributed by atoms with Crippen LogP contribution in [0.2, 0.25) is 0 Å². The van der Waals surface area contributed by atoms with Gasteiger partial charge in [0.2, 0.25) is 0 Å². The molecule has 2 rings (SSSR count). The molecule has 0 saturated heterocycles. The van der Waals surface area contributed by atoms with Crippen molar-refractivity contribution in [3.05, 3.63) is 71.9 Å². The molecule has 0 amide bonds. The number of benzene rings is 2. The number of ketones is 1. The van der Waals surface area contributed by atoms with Gasteiger partial charge in [0.1, 0.15) is 5.75 Å². The topological polar surface area (TPSA) is 62.1 Å². The number of nitriles is 1. The summed E-state index contributed by atoms with van der Waals surface area (Å²) < 4.78 is 5.57. The van der Waals surface area contributed by atoms with E-state index in [4.69, 9.17) is 10.00 Å². The monoisotopic (exact) mass is 320 g/mol. The number of hydrogen-bond acceptors (Lipinski definition) is 4. The number of unbranched alkanes of at least 4 members (excludes halogenated alkanes) is 1. The first-order valence-corrected chi connectivity index (χ1v) is 7.93. The quantitative estimate of drug-likeness (QED) is 0.440. The third kappa shape index (κ3) is 5.29. The number of nitrogens with one attached hydrogen (secondary N) is 1. The van der Waals surface area contributed by atoms with Gasteiger partial charge in [0.15, 0.2) is 5.78 Å². The fraction of sp³-hybridized carbons (Fsp3) is 0.200. The maximum absolute atomic E-state index is 12.1. The first kappa shape index (κ1) is 17.3. The summed E-state index contributed by atoms with van der Waals surface area (Å²) in [6, 6.07) is 16.3. The van der Waals surface area contributed by atoms with E-state index in [9.17, 15) is 4.79 Å². The van der Waals surface area contributed by atoms with E-state index in [1.54, 1.807) is 48.7 Å². The zero-order valence-corrected chi connectivity index (χ0v) is 13.7. The summed E-state index contributed by atoms with van der Waals surface area (Å²) in [6.45, 7) is 2.80. The Morgan fingerprint density at radius 2 is 2.04 bits per heavy atom. The molecular weight excluding hydrogens is 300 g/mol. The molecule has 122 valence electrons. The van der Waals surface area contributed by atoms with Crippen LogP contribution in [0, 0.1) is 11.3 Å². The second kappa shape index (κ2) is 9.16. The zero-order chi connectivity index (χ0) is 17.2. The van der Waals surface area contributed by atoms with Gasteiger partial charge in [-0.15, -0.1) is 0 Å². The van der Waals surface area contributed by atoms with Gasteiger partial charge in [-0.05, 0) is 48.9 Å². The molecule has 0 heterocycles. The molecule has 0 spiro atoms. The number of carbonyl (C=O) groups excluding carboxylic acids is 1. The first-order chi connectivity index (χ1) is 11.7. The molecule has 0 aliphatic rings. The lowest BCUT2D eigenvalue weighted by Gasteiger charge is -2.05. The predicted molar refractivity (Wildman–Crippen MR) is 95.1 cm³/mol. The largest absolute Gasteiger partial charge is 0.494 e. The van der Waals surface area contributed by atoms with Gasteiger partial charge in [-0.25, -0.2) is 0 Å². The summed E-state index contributed by atoms with van der Waals surface area (Å²) in [5.41, 5.74) is 1.93. The lowest BCUT2D eigenvalue weighted by molar-refractivity contribution is 0.104. The minimum absolute atomic E-state index is 0.0981. The number of rotatable bonds is 8. The van der Waals surface area contributed by atoms with Crippen LogP contribution in [-0.4, -0.2) is 12.4 Å². The normalized spacial score (nSPS) is 10.3. The number of ether oxygens (including phenoxy) is 1. The van der Waals surface area contributed by atoms with E-state index in [1.165, 1.54) is 6.08 Å². The van der Waals surface area contributed by atoms with Crippen molar-refractivity contribution in [2.75, 3.05) is 11.9 Å². The van der Waals surface area contributed by atoms with Crippen molar-refractivity contribution in [1.82, 2.24) is 0 Å². The van der Waals surface area contributed by atoms with Crippen LogP contribution >= 0.6 is 0 Å². The average Bonchev–Trinajstić information content (AvgIpc) is 2.62. The number of nitrogens with zero attached hydrogens (tertiary/aromatic N) is 1. The maximum atomic E-state index is 12.1. The van der Waals surface area contributed by atoms with E-state index in [0.29, 0.717) is 17.7 Å². The van der Waals surface area contributed by atoms with Gasteiger partial charge < -0.3 is 10.1 Å². The SMILES string of the molecule is CCCCOc1ccc(C(=O)/C=C/Nc2cccc(C#N)c2)cc1. The van der Waals surface area contributed by atoms with E-state index < -0.39 is 0 Å². The Morgan fingerprint density at radius 3 is 2.75 bits per heavy atom. The lowest BCUT2D eigenvalue weighted by Crippen LogP contribution is -1.99. The van der Waals surface area contributed by atoms with Crippen molar-refractivity contribution < 1.29 is 9.53 Å². The molecule has 2 aromatic rings. The molecule has 24 heavy (non-hydrogen) atoms. The van der Waals surface area contributed by atoms with Crippen LogP contribution in [0.25, 0.3) is 0 Å². The molecule has 0 atom stereocenters. The fourth-order valence-electron chi connectivity index (χ4n) is 2.04. The Kier molecular flexibility index (Phi) is 6.60. The van der Waals surface area contributed by atoms with Crippen LogP contribution in [-0.2, 0) is 0 Å². The van der Waals surface area contributed by atoms with Crippen molar-refractivity contribution in [1.29, 1.82) is 5.26 Å². The smallest absolute Gasteiger partial charge is 0.187 e. The minimum Gasteiger partial charge on any atom is -0.494 e. The van der Waals surface area contributed by atoms with Crippen LogP contribution in [0.15, 0.2) is 60.8 Å². The van der Waals surface area contributed by atoms with Gasteiger partial charge in [-0.1, -0.05) is 19.4 Å². The predicted octanol–water partition coefficient (Wildman–Crippen LogP) is 4.55. The summed E-state index contributed by atoms with van der Waals surface area (Å²) >= 11 is 0. The number of hydrogen-bond donors (Lipinski definition) is 1. The molecular formula is C20H20N2O2. The molecule has 2 aromatic carbocycles. The molecule has 0 aliphatic heterocycles. The Labute approximate surface area is 142 Å². The summed E-state index contributed by atoms with van der Waals surface area (Å²) in [5.74, 6) is 0.675. The van der Waals surface area contributed by atoms with E-state index in [0.717, 1.165) is 24.3 Å². The molecule has 4 nitrogen and oxygen atoms in total. The average molecular weight is 320 g/mol. The first-order valence-electron chi connectivity index (χ1n) is 7.93. The van der Waals surface area contributed by atoms with E-state index in [1.807, 2.05) is 6.07 Å². The number of carbonyl (C=O) groups is 1. The van der Waals surface area contributed by atoms with Gasteiger partial charge in [0.05, 0.1) is 18.2 Å². The summed E-state index contributed by atoms with van der Waals surface area (Å²) in [7, 11) is 0. The molecule has 0 saturated carbocycles. The van der Waals surface area contributed by atoms with Crippen LogP contribution in [0.4, 0.5) is 5.69 Å². The molecule has 0 bridgehead atoms. The van der Waals surface area contributed by atoms with Crippen LogP contribution in [0.3, 0.4) is 0 Å². The summed E-state index contributed by atoms with van der Waals surface area (Å²) in [6.07, 6.45) is 5.14. The van der Waals surface area contributed by atoms with Crippen molar-refractivity contribution in [3.63, 3.8) is 0 Å². The number of anilines is 1. The van der Waals surface area contributed by atoms with E-state index in [2.05, 4.69) is 18.3 Å². The minimum atomic E-state index is -0.0981. The molecule has 0 unspecified atom stereocenters. The Balaban J connectivity index is 1.90. The molecule has 0 radical (unpaired) electrons. The van der Waals surface area contributed by atoms with Gasteiger partial charge in [-0.2, -0.15) is 5.26 Å². The highest BCUT2D eigenvalue weighted by molar-refractivity contribution is 6.04. The third-order valence-electron chi connectivity index (χ3n) is 3.38. The van der Waals surface area contributed by atoms with E-state index in [-0.39, 0.29) is 5.78 Å². The zero-order valence-electron chi connectivity index (χ0n) is 13.7. The van der Waals surface area contributed by atoms with Gasteiger partial charge in [-0.3, -0.25) is 4.79 Å². The molecule has 0 aliphatic carbocycles. The van der Waals surface area contributed by atoms with Crippen LogP contribution in [0.5, 0.6) is 5.75 Å². The van der Waals surface area contributed by atoms with Crippen LogP contribution in [0.1, 0.15) is 35.7 Å². The molecule has 0 fully saturated rings. The lowest BCUT2D eigenvalue weighted by atomic mass is 10.1.